The van der Waals surface area contributed by atoms with Gasteiger partial charge in [-0.15, -0.1) is 0 Å². The molecule has 0 spiro atoms. The number of pyridine rings is 1. The molecule has 1 aromatic carbocycles. The van der Waals surface area contributed by atoms with E-state index in [1.54, 1.807) is 25.1 Å². The number of halogens is 1. The van der Waals surface area contributed by atoms with Crippen LogP contribution >= 0.6 is 0 Å². The summed E-state index contributed by atoms with van der Waals surface area (Å²) in [5.74, 6) is -0.0548. The highest BCUT2D eigenvalue weighted by molar-refractivity contribution is 7.89. The van der Waals surface area contributed by atoms with Crippen LogP contribution in [0.4, 0.5) is 4.39 Å². The first-order chi connectivity index (χ1) is 12.9. The van der Waals surface area contributed by atoms with Gasteiger partial charge in [0, 0.05) is 41.8 Å². The zero-order chi connectivity index (χ0) is 19.4. The minimum Gasteiger partial charge on any atom is -0.395 e. The molecule has 2 N–H and O–H groups in total. The number of aromatic nitrogens is 3. The predicted octanol–water partition coefficient (Wildman–Crippen LogP) is 1.92. The lowest BCUT2D eigenvalue weighted by molar-refractivity contribution is 0.301. The number of sulfonamides is 1. The number of nitrogens with one attached hydrogen (secondary N) is 1. The number of aliphatic hydroxyl groups excluding tert-OH is 1. The predicted molar refractivity (Wildman–Crippen MR) is 97.7 cm³/mol. The molecule has 0 aliphatic heterocycles. The summed E-state index contributed by atoms with van der Waals surface area (Å²) in [5, 5.41) is 8.86. The van der Waals surface area contributed by atoms with E-state index in [-0.39, 0.29) is 23.7 Å². The van der Waals surface area contributed by atoms with Crippen LogP contribution in [0, 0.1) is 12.7 Å². The van der Waals surface area contributed by atoms with Gasteiger partial charge in [0.05, 0.1) is 11.5 Å². The Balaban J connectivity index is 2.03. The molecule has 0 saturated carbocycles. The zero-order valence-corrected chi connectivity index (χ0v) is 15.2. The van der Waals surface area contributed by atoms with E-state index in [1.807, 2.05) is 0 Å². The van der Waals surface area contributed by atoms with Crippen molar-refractivity contribution in [3.05, 3.63) is 60.6 Å². The number of rotatable bonds is 6. The van der Waals surface area contributed by atoms with E-state index in [4.69, 9.17) is 5.11 Å². The third-order valence-electron chi connectivity index (χ3n) is 3.79. The second kappa shape index (κ2) is 7.87. The molecule has 27 heavy (non-hydrogen) atoms. The van der Waals surface area contributed by atoms with Crippen LogP contribution in [0.2, 0.25) is 0 Å². The van der Waals surface area contributed by atoms with Gasteiger partial charge in [-0.1, -0.05) is 18.2 Å². The van der Waals surface area contributed by atoms with Crippen molar-refractivity contribution in [2.45, 2.75) is 11.8 Å². The number of hydrogen-bond acceptors (Lipinski definition) is 6. The molecule has 140 valence electrons. The molecule has 7 nitrogen and oxygen atoms in total. The summed E-state index contributed by atoms with van der Waals surface area (Å²) in [5.41, 5.74) is 1.13. The molecule has 0 unspecified atom stereocenters. The van der Waals surface area contributed by atoms with Crippen molar-refractivity contribution in [2.75, 3.05) is 13.2 Å². The third-order valence-corrected chi connectivity index (χ3v) is 5.31. The van der Waals surface area contributed by atoms with E-state index < -0.39 is 15.8 Å². The third kappa shape index (κ3) is 4.16. The molecular weight excluding hydrogens is 371 g/mol. The first kappa shape index (κ1) is 19.0. The Morgan fingerprint density at radius 1 is 1.07 bits per heavy atom. The van der Waals surface area contributed by atoms with Gasteiger partial charge in [-0.3, -0.25) is 4.98 Å². The molecule has 0 atom stereocenters. The maximum Gasteiger partial charge on any atom is 0.241 e. The monoisotopic (exact) mass is 388 g/mol. The van der Waals surface area contributed by atoms with Crippen LogP contribution in [0.1, 0.15) is 5.82 Å². The molecule has 0 saturated heterocycles. The van der Waals surface area contributed by atoms with E-state index in [0.29, 0.717) is 22.5 Å². The largest absolute Gasteiger partial charge is 0.395 e. The van der Waals surface area contributed by atoms with Crippen LogP contribution in [0.25, 0.3) is 22.4 Å². The number of nitrogens with zero attached hydrogens (tertiary/aromatic N) is 3. The van der Waals surface area contributed by atoms with Gasteiger partial charge in [-0.05, 0) is 19.1 Å². The Morgan fingerprint density at radius 3 is 2.41 bits per heavy atom. The summed E-state index contributed by atoms with van der Waals surface area (Å²) in [6, 6.07) is 7.43. The van der Waals surface area contributed by atoms with Gasteiger partial charge in [-0.2, -0.15) is 0 Å². The molecule has 0 radical (unpaired) electrons. The molecule has 3 rings (SSSR count). The Bertz CT molecular complexity index is 1060. The summed E-state index contributed by atoms with van der Waals surface area (Å²) in [7, 11) is -3.86. The Morgan fingerprint density at radius 2 is 1.74 bits per heavy atom. The van der Waals surface area contributed by atoms with Crippen molar-refractivity contribution in [1.82, 2.24) is 19.7 Å². The Kier molecular flexibility index (Phi) is 5.54. The van der Waals surface area contributed by atoms with Crippen molar-refractivity contribution in [3.63, 3.8) is 0 Å². The van der Waals surface area contributed by atoms with E-state index in [2.05, 4.69) is 19.7 Å². The first-order valence-electron chi connectivity index (χ1n) is 8.07. The number of aryl methyl sites for hydroxylation is 1. The molecule has 0 fully saturated rings. The van der Waals surface area contributed by atoms with Crippen LogP contribution in [-0.2, 0) is 10.0 Å². The average Bonchev–Trinajstić information content (AvgIpc) is 2.67. The molecule has 2 aromatic heterocycles. The molecular formula is C18H17FN4O3S. The van der Waals surface area contributed by atoms with E-state index in [0.717, 1.165) is 0 Å². The highest BCUT2D eigenvalue weighted by atomic mass is 32.2. The van der Waals surface area contributed by atoms with E-state index >= 15 is 0 Å². The topological polar surface area (TPSA) is 105 Å². The van der Waals surface area contributed by atoms with Gasteiger partial charge in [0.1, 0.15) is 17.3 Å². The smallest absolute Gasteiger partial charge is 0.241 e. The lowest BCUT2D eigenvalue weighted by atomic mass is 10.1. The van der Waals surface area contributed by atoms with Gasteiger partial charge in [0.25, 0.3) is 0 Å². The fourth-order valence-corrected chi connectivity index (χ4v) is 3.76. The molecule has 9 heteroatoms. The standard InChI is InChI=1S/C18H17FN4O3S/c1-12-20-10-14(11-21-12)18-16(19)8-13(9-22-18)15-4-2-3-5-17(15)27(25,26)23-6-7-24/h2-5,8-11,23-24H,6-7H2,1H3. The van der Waals surface area contributed by atoms with E-state index in [9.17, 15) is 12.8 Å². The van der Waals surface area contributed by atoms with Gasteiger partial charge in [0.15, 0.2) is 0 Å². The van der Waals surface area contributed by atoms with Gasteiger partial charge < -0.3 is 5.11 Å². The number of aliphatic hydroxyl groups is 1. The summed E-state index contributed by atoms with van der Waals surface area (Å²) in [6.45, 7) is 1.28. The Labute approximate surface area is 156 Å². The van der Waals surface area contributed by atoms with E-state index in [1.165, 1.54) is 30.7 Å². The SMILES string of the molecule is Cc1ncc(-c2ncc(-c3ccccc3S(=O)(=O)NCCO)cc2F)cn1. The maximum atomic E-state index is 14.6. The molecule has 0 amide bonds. The number of hydrogen-bond donors (Lipinski definition) is 2. The second-order valence-electron chi connectivity index (χ2n) is 5.69. The van der Waals surface area contributed by atoms with Gasteiger partial charge >= 0.3 is 0 Å². The zero-order valence-electron chi connectivity index (χ0n) is 14.4. The van der Waals surface area contributed by atoms with Crippen molar-refractivity contribution >= 4 is 10.0 Å². The quantitative estimate of drug-likeness (QED) is 0.668. The van der Waals surface area contributed by atoms with Crippen molar-refractivity contribution in [2.24, 2.45) is 0 Å². The summed E-state index contributed by atoms with van der Waals surface area (Å²) < 4.78 is 41.8. The lowest BCUT2D eigenvalue weighted by Crippen LogP contribution is -2.27. The van der Waals surface area contributed by atoms with Gasteiger partial charge in [-0.25, -0.2) is 27.5 Å². The molecule has 2 heterocycles. The molecule has 3 aromatic rings. The van der Waals surface area contributed by atoms with Crippen LogP contribution in [0.15, 0.2) is 53.8 Å². The molecule has 0 aliphatic carbocycles. The normalized spacial score (nSPS) is 11.5. The maximum absolute atomic E-state index is 14.6. The highest BCUT2D eigenvalue weighted by Crippen LogP contribution is 2.29. The summed E-state index contributed by atoms with van der Waals surface area (Å²) in [4.78, 5) is 12.2. The van der Waals surface area contributed by atoms with Gasteiger partial charge in [0.2, 0.25) is 10.0 Å². The lowest BCUT2D eigenvalue weighted by Gasteiger charge is -2.12. The molecule has 0 aliphatic rings. The fraction of sp³-hybridized carbons (Fsp3) is 0.167. The summed E-state index contributed by atoms with van der Waals surface area (Å²) >= 11 is 0. The van der Waals surface area contributed by atoms with Crippen LogP contribution in [0.3, 0.4) is 0 Å². The minimum absolute atomic E-state index is 0.0222. The minimum atomic E-state index is -3.86. The summed E-state index contributed by atoms with van der Waals surface area (Å²) in [6.07, 6.45) is 4.36. The average molecular weight is 388 g/mol. The molecule has 0 bridgehead atoms. The van der Waals surface area contributed by atoms with Crippen LogP contribution < -0.4 is 4.72 Å². The number of benzene rings is 1. The van der Waals surface area contributed by atoms with Crippen molar-refractivity contribution in [3.8, 4) is 22.4 Å². The Hall–Kier alpha value is -2.75. The van der Waals surface area contributed by atoms with Crippen LogP contribution in [-0.4, -0.2) is 41.6 Å². The van der Waals surface area contributed by atoms with Crippen molar-refractivity contribution in [1.29, 1.82) is 0 Å². The fourth-order valence-electron chi connectivity index (χ4n) is 2.51. The van der Waals surface area contributed by atoms with Crippen LogP contribution in [0.5, 0.6) is 0 Å². The van der Waals surface area contributed by atoms with Crippen molar-refractivity contribution < 1.29 is 17.9 Å². The first-order valence-corrected chi connectivity index (χ1v) is 9.55. The second-order valence-corrected chi connectivity index (χ2v) is 7.43. The highest BCUT2D eigenvalue weighted by Gasteiger charge is 2.20.